The van der Waals surface area contributed by atoms with E-state index in [4.69, 9.17) is 28.2 Å². The van der Waals surface area contributed by atoms with E-state index in [1.807, 2.05) is 18.2 Å². The SMILES string of the molecule is C=C(Cl)/C=C\C(=C)C1=NC(C2=CCC(Br)C=C2)=CC(c2ccc(Cl)cc2)C1. The summed E-state index contributed by atoms with van der Waals surface area (Å²) < 4.78 is 0. The molecule has 0 N–H and O–H groups in total. The number of halogens is 3. The average Bonchev–Trinajstić information content (AvgIpc) is 2.67. The third-order valence-electron chi connectivity index (χ3n) is 4.51. The zero-order valence-corrected chi connectivity index (χ0v) is 17.9. The molecule has 0 saturated carbocycles. The molecule has 0 aromatic heterocycles. The predicted octanol–water partition coefficient (Wildman–Crippen LogP) is 7.67. The highest BCUT2D eigenvalue weighted by molar-refractivity contribution is 9.09. The van der Waals surface area contributed by atoms with Crippen LogP contribution >= 0.6 is 39.1 Å². The van der Waals surface area contributed by atoms with Crippen molar-refractivity contribution in [1.29, 1.82) is 0 Å². The maximum Gasteiger partial charge on any atom is 0.0668 e. The second-order valence-corrected chi connectivity index (χ2v) is 8.65. The van der Waals surface area contributed by atoms with E-state index >= 15 is 0 Å². The van der Waals surface area contributed by atoms with Crippen molar-refractivity contribution in [2.75, 3.05) is 0 Å². The van der Waals surface area contributed by atoms with Crippen molar-refractivity contribution in [3.05, 3.63) is 106 Å². The fourth-order valence-electron chi connectivity index (χ4n) is 3.05. The largest absolute Gasteiger partial charge is 0.253 e. The molecule has 1 aliphatic carbocycles. The van der Waals surface area contributed by atoms with Crippen LogP contribution in [-0.4, -0.2) is 10.5 Å². The van der Waals surface area contributed by atoms with Crippen molar-refractivity contribution in [3.8, 4) is 0 Å². The van der Waals surface area contributed by atoms with Crippen LogP contribution in [0.2, 0.25) is 5.02 Å². The molecule has 0 amide bonds. The minimum atomic E-state index is 0.213. The molecule has 1 aromatic rings. The minimum Gasteiger partial charge on any atom is -0.253 e. The lowest BCUT2D eigenvalue weighted by molar-refractivity contribution is 0.860. The molecule has 27 heavy (non-hydrogen) atoms. The topological polar surface area (TPSA) is 12.4 Å². The maximum absolute atomic E-state index is 6.06. The number of benzene rings is 1. The van der Waals surface area contributed by atoms with Crippen LogP contribution < -0.4 is 0 Å². The Bertz CT molecular complexity index is 901. The van der Waals surface area contributed by atoms with Gasteiger partial charge in [0.05, 0.1) is 5.70 Å². The van der Waals surface area contributed by atoms with Crippen LogP contribution in [-0.2, 0) is 0 Å². The van der Waals surface area contributed by atoms with Crippen LogP contribution in [0.25, 0.3) is 0 Å². The number of allylic oxidation sites excluding steroid dienone is 8. The van der Waals surface area contributed by atoms with Gasteiger partial charge in [-0.2, -0.15) is 0 Å². The molecule has 0 saturated heterocycles. The first-order valence-electron chi connectivity index (χ1n) is 8.72. The summed E-state index contributed by atoms with van der Waals surface area (Å²) in [7, 11) is 0. The van der Waals surface area contributed by atoms with E-state index in [9.17, 15) is 0 Å². The molecule has 2 unspecified atom stereocenters. The summed E-state index contributed by atoms with van der Waals surface area (Å²) in [6.07, 6.45) is 14.1. The second-order valence-electron chi connectivity index (χ2n) is 6.55. The lowest BCUT2D eigenvalue weighted by atomic mass is 9.86. The Hall–Kier alpha value is -1.61. The maximum atomic E-state index is 6.06. The smallest absolute Gasteiger partial charge is 0.0668 e. The number of nitrogens with zero attached hydrogens (tertiary/aromatic N) is 1. The van der Waals surface area contributed by atoms with Crippen molar-refractivity contribution in [1.82, 2.24) is 0 Å². The van der Waals surface area contributed by atoms with Gasteiger partial charge in [-0.25, -0.2) is 0 Å². The lowest BCUT2D eigenvalue weighted by Gasteiger charge is -2.23. The molecular formula is C23H20BrCl2N. The van der Waals surface area contributed by atoms with Crippen LogP contribution in [0.15, 0.2) is 101 Å². The second kappa shape index (κ2) is 9.05. The van der Waals surface area contributed by atoms with Crippen LogP contribution in [0.1, 0.15) is 24.3 Å². The molecule has 1 heterocycles. The molecule has 3 rings (SSSR count). The van der Waals surface area contributed by atoms with Crippen LogP contribution in [0.5, 0.6) is 0 Å². The van der Waals surface area contributed by atoms with Gasteiger partial charge in [-0.3, -0.25) is 4.99 Å². The molecule has 0 bridgehead atoms. The molecular weight excluding hydrogens is 441 g/mol. The van der Waals surface area contributed by atoms with Crippen LogP contribution in [0.3, 0.4) is 0 Å². The number of hydrogen-bond acceptors (Lipinski definition) is 1. The lowest BCUT2D eigenvalue weighted by Crippen LogP contribution is -2.13. The van der Waals surface area contributed by atoms with Gasteiger partial charge in [0.25, 0.3) is 0 Å². The van der Waals surface area contributed by atoms with Crippen molar-refractivity contribution < 1.29 is 0 Å². The summed E-state index contributed by atoms with van der Waals surface area (Å²) in [4.78, 5) is 5.28. The first-order chi connectivity index (χ1) is 12.9. The Balaban J connectivity index is 1.95. The number of alkyl halides is 1. The first-order valence-corrected chi connectivity index (χ1v) is 10.4. The van der Waals surface area contributed by atoms with Gasteiger partial charge in [-0.15, -0.1) is 0 Å². The average molecular weight is 461 g/mol. The van der Waals surface area contributed by atoms with E-state index in [0.29, 0.717) is 9.86 Å². The Morgan fingerprint density at radius 1 is 1.19 bits per heavy atom. The molecule has 4 heteroatoms. The summed E-state index contributed by atoms with van der Waals surface area (Å²) in [5.74, 6) is 0.213. The number of rotatable bonds is 5. The third kappa shape index (κ3) is 5.44. The fraction of sp³-hybridized carbons (Fsp3) is 0.174. The summed E-state index contributed by atoms with van der Waals surface area (Å²) >= 11 is 15.5. The summed E-state index contributed by atoms with van der Waals surface area (Å²) in [6.45, 7) is 7.86. The molecule has 138 valence electrons. The summed E-state index contributed by atoms with van der Waals surface area (Å²) in [6, 6.07) is 8.00. The first kappa shape index (κ1) is 20.1. The molecule has 2 atom stereocenters. The highest BCUT2D eigenvalue weighted by atomic mass is 79.9. The zero-order chi connectivity index (χ0) is 19.4. The standard InChI is InChI=1S/C23H20BrCl2N/c1-15(3-4-16(2)25)22-13-19(17-7-11-21(26)12-8-17)14-23(27-22)18-5-9-20(24)10-6-18/h3-9,11-12,14,19-20H,1-2,10,13H2/b4-3-. The number of hydrogen-bond donors (Lipinski definition) is 0. The van der Waals surface area contributed by atoms with Gasteiger partial charge in [0.2, 0.25) is 0 Å². The van der Waals surface area contributed by atoms with E-state index in [2.05, 4.69) is 65.5 Å². The van der Waals surface area contributed by atoms with E-state index in [0.717, 1.165) is 40.4 Å². The highest BCUT2D eigenvalue weighted by Crippen LogP contribution is 2.34. The molecule has 1 aliphatic heterocycles. The van der Waals surface area contributed by atoms with Gasteiger partial charge in [0.1, 0.15) is 0 Å². The fourth-order valence-corrected chi connectivity index (χ4v) is 3.57. The Kier molecular flexibility index (Phi) is 6.75. The zero-order valence-electron chi connectivity index (χ0n) is 14.8. The monoisotopic (exact) mass is 459 g/mol. The van der Waals surface area contributed by atoms with Crippen molar-refractivity contribution in [3.63, 3.8) is 0 Å². The van der Waals surface area contributed by atoms with Crippen LogP contribution in [0, 0.1) is 0 Å². The van der Waals surface area contributed by atoms with E-state index in [1.165, 1.54) is 5.56 Å². The molecule has 0 spiro atoms. The molecule has 0 radical (unpaired) electrons. The molecule has 1 nitrogen and oxygen atoms in total. The van der Waals surface area contributed by atoms with Gasteiger partial charge in [0.15, 0.2) is 0 Å². The summed E-state index contributed by atoms with van der Waals surface area (Å²) in [5.41, 5.74) is 5.13. The van der Waals surface area contributed by atoms with Gasteiger partial charge >= 0.3 is 0 Å². The van der Waals surface area contributed by atoms with Gasteiger partial charge in [-0.05, 0) is 41.3 Å². The Labute approximate surface area is 179 Å². The van der Waals surface area contributed by atoms with E-state index in [1.54, 1.807) is 6.08 Å². The van der Waals surface area contributed by atoms with Gasteiger partial charge in [-0.1, -0.05) is 94.8 Å². The molecule has 2 aliphatic rings. The molecule has 1 aromatic carbocycles. The normalized spacial score (nSPS) is 22.3. The number of aliphatic imine (C=N–C) groups is 1. The Morgan fingerprint density at radius 3 is 2.56 bits per heavy atom. The van der Waals surface area contributed by atoms with Crippen molar-refractivity contribution >= 4 is 44.8 Å². The highest BCUT2D eigenvalue weighted by Gasteiger charge is 2.21. The van der Waals surface area contributed by atoms with E-state index < -0.39 is 0 Å². The predicted molar refractivity (Wildman–Crippen MR) is 122 cm³/mol. The third-order valence-corrected chi connectivity index (χ3v) is 5.56. The summed E-state index contributed by atoms with van der Waals surface area (Å²) in [5, 5.41) is 1.21. The van der Waals surface area contributed by atoms with Gasteiger partial charge in [0, 0.05) is 32.9 Å². The quantitative estimate of drug-likeness (QED) is 0.315. The van der Waals surface area contributed by atoms with Crippen molar-refractivity contribution in [2.24, 2.45) is 4.99 Å². The van der Waals surface area contributed by atoms with Crippen LogP contribution in [0.4, 0.5) is 0 Å². The van der Waals surface area contributed by atoms with Crippen molar-refractivity contribution in [2.45, 2.75) is 23.6 Å². The van der Waals surface area contributed by atoms with Gasteiger partial charge < -0.3 is 0 Å². The molecule has 0 fully saturated rings. The Morgan fingerprint density at radius 2 is 1.93 bits per heavy atom. The van der Waals surface area contributed by atoms with E-state index in [-0.39, 0.29) is 5.92 Å². The minimum absolute atomic E-state index is 0.213.